The lowest BCUT2D eigenvalue weighted by Gasteiger charge is -2.34. The number of carbonyl (C=O) groups is 1. The van der Waals surface area contributed by atoms with E-state index in [0.29, 0.717) is 5.56 Å². The summed E-state index contributed by atoms with van der Waals surface area (Å²) in [7, 11) is 0. The van der Waals surface area contributed by atoms with Crippen molar-refractivity contribution in [3.63, 3.8) is 0 Å². The average Bonchev–Trinajstić information content (AvgIpc) is 2.85. The van der Waals surface area contributed by atoms with Crippen LogP contribution in [0.4, 0.5) is 16.2 Å². The van der Waals surface area contributed by atoms with Gasteiger partial charge in [0.1, 0.15) is 0 Å². The lowest BCUT2D eigenvalue weighted by Crippen LogP contribution is -2.48. The van der Waals surface area contributed by atoms with Gasteiger partial charge in [0.2, 0.25) is 0 Å². The van der Waals surface area contributed by atoms with E-state index in [0.717, 1.165) is 63.5 Å². The van der Waals surface area contributed by atoms with Gasteiger partial charge >= 0.3 is 6.03 Å². The third-order valence-corrected chi connectivity index (χ3v) is 6.31. The predicted octanol–water partition coefficient (Wildman–Crippen LogP) is 3.42. The summed E-state index contributed by atoms with van der Waals surface area (Å²) in [6.07, 6.45) is 1.80. The van der Waals surface area contributed by atoms with E-state index >= 15 is 0 Å². The van der Waals surface area contributed by atoms with Gasteiger partial charge in [0, 0.05) is 43.6 Å². The number of nitrogens with zero attached hydrogens (tertiary/aromatic N) is 3. The number of amides is 2. The van der Waals surface area contributed by atoms with Gasteiger partial charge < -0.3 is 25.2 Å². The van der Waals surface area contributed by atoms with Gasteiger partial charge in [-0.05, 0) is 61.7 Å². The minimum absolute atomic E-state index is 0.0625. The molecule has 0 aliphatic carbocycles. The normalized spacial score (nSPS) is 18.0. The molecule has 2 aromatic carbocycles. The summed E-state index contributed by atoms with van der Waals surface area (Å²) in [4.78, 5) is 17.2. The number of morpholine rings is 1. The van der Waals surface area contributed by atoms with Crippen LogP contribution in [0.5, 0.6) is 0 Å². The highest BCUT2D eigenvalue weighted by Gasteiger charge is 2.22. The second-order valence-electron chi connectivity index (χ2n) is 8.45. The van der Waals surface area contributed by atoms with Crippen LogP contribution in [0.25, 0.3) is 0 Å². The van der Waals surface area contributed by atoms with Crippen LogP contribution in [0, 0.1) is 11.3 Å². The molecular formula is C25H31N5O2. The molecule has 2 fully saturated rings. The molecule has 0 aromatic heterocycles. The Morgan fingerprint density at radius 3 is 2.12 bits per heavy atom. The van der Waals surface area contributed by atoms with E-state index in [4.69, 9.17) is 10.00 Å². The van der Waals surface area contributed by atoms with Crippen molar-refractivity contribution in [2.45, 2.75) is 31.8 Å². The molecule has 0 radical (unpaired) electrons. The molecule has 2 heterocycles. The summed E-state index contributed by atoms with van der Waals surface area (Å²) >= 11 is 0. The molecule has 2 aromatic rings. The Morgan fingerprint density at radius 1 is 0.969 bits per heavy atom. The fourth-order valence-electron chi connectivity index (χ4n) is 4.33. The number of hydrogen-bond acceptors (Lipinski definition) is 5. The van der Waals surface area contributed by atoms with Crippen molar-refractivity contribution in [2.75, 3.05) is 49.2 Å². The lowest BCUT2D eigenvalue weighted by molar-refractivity contribution is 0.122. The monoisotopic (exact) mass is 433 g/mol. The molecule has 2 aliphatic heterocycles. The Balaban J connectivity index is 1.22. The number of nitrogens with one attached hydrogen (secondary N) is 2. The third kappa shape index (κ3) is 5.51. The van der Waals surface area contributed by atoms with Crippen molar-refractivity contribution >= 4 is 17.4 Å². The highest BCUT2D eigenvalue weighted by Crippen LogP contribution is 2.22. The van der Waals surface area contributed by atoms with Gasteiger partial charge in [-0.3, -0.25) is 0 Å². The Labute approximate surface area is 190 Å². The van der Waals surface area contributed by atoms with E-state index in [2.05, 4.69) is 50.8 Å². The van der Waals surface area contributed by atoms with Gasteiger partial charge in [-0.2, -0.15) is 5.26 Å². The van der Waals surface area contributed by atoms with Crippen LogP contribution in [0.3, 0.4) is 0 Å². The van der Waals surface area contributed by atoms with Crippen LogP contribution in [0.15, 0.2) is 48.5 Å². The number of urea groups is 1. The number of carbonyl (C=O) groups excluding carboxylic acids is 1. The molecule has 1 unspecified atom stereocenters. The predicted molar refractivity (Wildman–Crippen MR) is 126 cm³/mol. The standard InChI is InChI=1S/C25H31N5O2/c1-19(21-4-8-24(9-5-21)30-14-16-32-17-15-30)27-25(31)28-22-10-12-29(13-11-22)23-6-2-20(18-26)3-7-23/h2-9,19,22H,10-17H2,1H3,(H2,27,28,31). The maximum atomic E-state index is 12.5. The third-order valence-electron chi connectivity index (χ3n) is 6.31. The molecule has 168 valence electrons. The zero-order chi connectivity index (χ0) is 22.3. The Kier molecular flexibility index (Phi) is 7.13. The van der Waals surface area contributed by atoms with Crippen LogP contribution in [0.1, 0.15) is 36.9 Å². The molecule has 7 heteroatoms. The van der Waals surface area contributed by atoms with Crippen LogP contribution in [0.2, 0.25) is 0 Å². The SMILES string of the molecule is CC(NC(=O)NC1CCN(c2ccc(C#N)cc2)CC1)c1ccc(N2CCOCC2)cc1. The molecule has 0 bridgehead atoms. The summed E-state index contributed by atoms with van der Waals surface area (Å²) in [5, 5.41) is 15.1. The van der Waals surface area contributed by atoms with Crippen molar-refractivity contribution in [1.29, 1.82) is 5.26 Å². The number of anilines is 2. The van der Waals surface area contributed by atoms with E-state index in [-0.39, 0.29) is 18.1 Å². The van der Waals surface area contributed by atoms with Crippen LogP contribution in [-0.4, -0.2) is 51.5 Å². The first kappa shape index (κ1) is 22.0. The minimum atomic E-state index is -0.119. The Morgan fingerprint density at radius 2 is 1.53 bits per heavy atom. The molecule has 32 heavy (non-hydrogen) atoms. The number of hydrogen-bond donors (Lipinski definition) is 2. The smallest absolute Gasteiger partial charge is 0.315 e. The number of piperidine rings is 1. The van der Waals surface area contributed by atoms with E-state index < -0.39 is 0 Å². The van der Waals surface area contributed by atoms with E-state index in [9.17, 15) is 4.79 Å². The van der Waals surface area contributed by atoms with Crippen LogP contribution in [-0.2, 0) is 4.74 Å². The first-order valence-electron chi connectivity index (χ1n) is 11.4. The molecule has 2 N–H and O–H groups in total. The first-order valence-corrected chi connectivity index (χ1v) is 11.4. The Bertz CT molecular complexity index is 924. The van der Waals surface area contributed by atoms with Crippen molar-refractivity contribution in [2.24, 2.45) is 0 Å². The van der Waals surface area contributed by atoms with Crippen LogP contribution >= 0.6 is 0 Å². The quantitative estimate of drug-likeness (QED) is 0.755. The number of ether oxygens (including phenoxy) is 1. The van der Waals surface area contributed by atoms with Gasteiger partial charge in [0.25, 0.3) is 0 Å². The fraction of sp³-hybridized carbons (Fsp3) is 0.440. The van der Waals surface area contributed by atoms with Crippen molar-refractivity contribution in [3.8, 4) is 6.07 Å². The largest absolute Gasteiger partial charge is 0.378 e. The highest BCUT2D eigenvalue weighted by atomic mass is 16.5. The zero-order valence-corrected chi connectivity index (χ0v) is 18.6. The summed E-state index contributed by atoms with van der Waals surface area (Å²) < 4.78 is 5.42. The van der Waals surface area contributed by atoms with Gasteiger partial charge in [-0.25, -0.2) is 4.79 Å². The second-order valence-corrected chi connectivity index (χ2v) is 8.45. The molecular weight excluding hydrogens is 402 g/mol. The summed E-state index contributed by atoms with van der Waals surface area (Å²) in [6.45, 7) is 7.15. The van der Waals surface area contributed by atoms with Gasteiger partial charge in [0.05, 0.1) is 30.9 Å². The average molecular weight is 434 g/mol. The number of benzene rings is 2. The summed E-state index contributed by atoms with van der Waals surface area (Å²) in [5.41, 5.74) is 4.09. The van der Waals surface area contributed by atoms with Gasteiger partial charge in [0.15, 0.2) is 0 Å². The maximum absolute atomic E-state index is 12.5. The summed E-state index contributed by atoms with van der Waals surface area (Å²) in [6, 6.07) is 18.2. The van der Waals surface area contributed by atoms with E-state index in [1.54, 1.807) is 0 Å². The zero-order valence-electron chi connectivity index (χ0n) is 18.6. The molecule has 2 amide bonds. The maximum Gasteiger partial charge on any atom is 0.315 e. The van der Waals surface area contributed by atoms with Gasteiger partial charge in [-0.1, -0.05) is 12.1 Å². The van der Waals surface area contributed by atoms with Crippen molar-refractivity contribution in [1.82, 2.24) is 10.6 Å². The van der Waals surface area contributed by atoms with Crippen molar-refractivity contribution < 1.29 is 9.53 Å². The topological polar surface area (TPSA) is 80.6 Å². The van der Waals surface area contributed by atoms with E-state index in [1.165, 1.54) is 5.69 Å². The molecule has 1 atom stereocenters. The minimum Gasteiger partial charge on any atom is -0.378 e. The molecule has 2 saturated heterocycles. The molecule has 7 nitrogen and oxygen atoms in total. The van der Waals surface area contributed by atoms with E-state index in [1.807, 2.05) is 31.2 Å². The highest BCUT2D eigenvalue weighted by molar-refractivity contribution is 5.74. The molecule has 0 spiro atoms. The molecule has 0 saturated carbocycles. The van der Waals surface area contributed by atoms with Gasteiger partial charge in [-0.15, -0.1) is 0 Å². The van der Waals surface area contributed by atoms with Crippen molar-refractivity contribution in [3.05, 3.63) is 59.7 Å². The first-order chi connectivity index (χ1) is 15.6. The Hall–Kier alpha value is -3.24. The lowest BCUT2D eigenvalue weighted by atomic mass is 10.0. The fourth-order valence-corrected chi connectivity index (χ4v) is 4.33. The molecule has 4 rings (SSSR count). The number of nitriles is 1. The second kappa shape index (κ2) is 10.4. The number of rotatable bonds is 5. The summed E-state index contributed by atoms with van der Waals surface area (Å²) in [5.74, 6) is 0. The van der Waals surface area contributed by atoms with Crippen LogP contribution < -0.4 is 20.4 Å². The molecule has 2 aliphatic rings.